The minimum atomic E-state index is 0.347. The maximum absolute atomic E-state index is 6.09. The molecule has 0 spiro atoms. The van der Waals surface area contributed by atoms with Crippen LogP contribution in [0.2, 0.25) is 5.02 Å². The summed E-state index contributed by atoms with van der Waals surface area (Å²) >= 11 is 6.09. The molecule has 1 aliphatic carbocycles. The Morgan fingerprint density at radius 3 is 2.94 bits per heavy atom. The highest BCUT2D eigenvalue weighted by Gasteiger charge is 2.21. The molecule has 2 aliphatic rings. The minimum Gasteiger partial charge on any atom is -0.492 e. The molecule has 1 aliphatic heterocycles. The van der Waals surface area contributed by atoms with Gasteiger partial charge in [-0.25, -0.2) is 0 Å². The zero-order chi connectivity index (χ0) is 11.1. The van der Waals surface area contributed by atoms with Crippen LogP contribution in [-0.2, 0) is 6.42 Å². The summed E-state index contributed by atoms with van der Waals surface area (Å²) in [6, 6.07) is 4.32. The molecule has 1 aromatic rings. The number of rotatable bonds is 1. The first-order valence-electron chi connectivity index (χ1n) is 5.62. The van der Waals surface area contributed by atoms with Crippen LogP contribution in [0, 0.1) is 0 Å². The lowest BCUT2D eigenvalue weighted by Crippen LogP contribution is -2.29. The van der Waals surface area contributed by atoms with Crippen molar-refractivity contribution in [3.63, 3.8) is 0 Å². The molecular formula is C13H14ClNO. The van der Waals surface area contributed by atoms with Crippen molar-refractivity contribution in [2.24, 2.45) is 5.73 Å². The second-order valence-electron chi connectivity index (χ2n) is 4.55. The highest BCUT2D eigenvalue weighted by atomic mass is 35.5. The molecule has 1 heterocycles. The number of ether oxygens (including phenoxy) is 1. The molecule has 0 aromatic heterocycles. The average Bonchev–Trinajstić information content (AvgIpc) is 2.62. The van der Waals surface area contributed by atoms with Crippen molar-refractivity contribution in [3.8, 4) is 5.75 Å². The molecule has 2 N–H and O–H groups in total. The van der Waals surface area contributed by atoms with E-state index >= 15 is 0 Å². The van der Waals surface area contributed by atoms with Crippen LogP contribution in [0.5, 0.6) is 5.75 Å². The average molecular weight is 236 g/mol. The Labute approximate surface area is 100 Å². The highest BCUT2D eigenvalue weighted by molar-refractivity contribution is 6.30. The predicted octanol–water partition coefficient (Wildman–Crippen LogP) is 2.78. The third-order valence-electron chi connectivity index (χ3n) is 3.19. The van der Waals surface area contributed by atoms with E-state index in [0.717, 1.165) is 42.2 Å². The summed E-state index contributed by atoms with van der Waals surface area (Å²) in [5.41, 5.74) is 9.50. The van der Waals surface area contributed by atoms with Gasteiger partial charge < -0.3 is 10.5 Å². The summed E-state index contributed by atoms with van der Waals surface area (Å²) in [5, 5.41) is 0.791. The van der Waals surface area contributed by atoms with Crippen molar-refractivity contribution >= 4 is 17.7 Å². The van der Waals surface area contributed by atoms with Gasteiger partial charge in [0.15, 0.2) is 0 Å². The van der Waals surface area contributed by atoms with E-state index in [4.69, 9.17) is 22.1 Å². The van der Waals surface area contributed by atoms with Crippen molar-refractivity contribution in [3.05, 3.63) is 33.9 Å². The second-order valence-corrected chi connectivity index (χ2v) is 4.99. The fourth-order valence-electron chi connectivity index (χ4n) is 2.36. The molecule has 0 bridgehead atoms. The van der Waals surface area contributed by atoms with Crippen molar-refractivity contribution in [2.45, 2.75) is 25.3 Å². The number of hydrogen-bond donors (Lipinski definition) is 1. The lowest BCUT2D eigenvalue weighted by atomic mass is 9.85. The Morgan fingerprint density at radius 1 is 1.38 bits per heavy atom. The van der Waals surface area contributed by atoms with Gasteiger partial charge in [-0.2, -0.15) is 0 Å². The van der Waals surface area contributed by atoms with E-state index in [0.29, 0.717) is 6.04 Å². The van der Waals surface area contributed by atoms with Gasteiger partial charge in [0.05, 0.1) is 6.61 Å². The Morgan fingerprint density at radius 2 is 2.19 bits per heavy atom. The van der Waals surface area contributed by atoms with Gasteiger partial charge in [0.1, 0.15) is 5.75 Å². The highest BCUT2D eigenvalue weighted by Crippen LogP contribution is 2.36. The molecule has 0 atom stereocenters. The molecule has 0 unspecified atom stereocenters. The molecule has 16 heavy (non-hydrogen) atoms. The fourth-order valence-corrected chi connectivity index (χ4v) is 2.61. The number of nitrogens with two attached hydrogens (primary N) is 1. The van der Waals surface area contributed by atoms with Crippen molar-refractivity contribution in [1.29, 1.82) is 0 Å². The number of fused-ring (bicyclic) bond motifs is 1. The molecule has 3 heteroatoms. The van der Waals surface area contributed by atoms with Gasteiger partial charge in [-0.15, -0.1) is 0 Å². The number of benzene rings is 1. The van der Waals surface area contributed by atoms with Crippen LogP contribution in [0.1, 0.15) is 24.0 Å². The molecule has 1 saturated carbocycles. The van der Waals surface area contributed by atoms with Crippen LogP contribution < -0.4 is 10.5 Å². The molecule has 1 aromatic carbocycles. The van der Waals surface area contributed by atoms with Crippen LogP contribution in [-0.4, -0.2) is 12.6 Å². The van der Waals surface area contributed by atoms with Crippen LogP contribution in [0.25, 0.3) is 6.08 Å². The van der Waals surface area contributed by atoms with Crippen LogP contribution in [0.15, 0.2) is 17.7 Å². The van der Waals surface area contributed by atoms with E-state index in [2.05, 4.69) is 6.08 Å². The summed E-state index contributed by atoms with van der Waals surface area (Å²) < 4.78 is 5.65. The van der Waals surface area contributed by atoms with E-state index < -0.39 is 0 Å². The molecule has 0 saturated heterocycles. The van der Waals surface area contributed by atoms with Gasteiger partial charge >= 0.3 is 0 Å². The minimum absolute atomic E-state index is 0.347. The molecule has 1 fully saturated rings. The topological polar surface area (TPSA) is 35.2 Å². The summed E-state index contributed by atoms with van der Waals surface area (Å²) in [4.78, 5) is 0. The predicted molar refractivity (Wildman–Crippen MR) is 65.8 cm³/mol. The van der Waals surface area contributed by atoms with Gasteiger partial charge in [-0.3, -0.25) is 0 Å². The Kier molecular flexibility index (Phi) is 2.41. The van der Waals surface area contributed by atoms with E-state index in [9.17, 15) is 0 Å². The van der Waals surface area contributed by atoms with Crippen molar-refractivity contribution in [1.82, 2.24) is 0 Å². The molecule has 2 nitrogen and oxygen atoms in total. The molecule has 0 radical (unpaired) electrons. The quantitative estimate of drug-likeness (QED) is 0.813. The van der Waals surface area contributed by atoms with E-state index in [1.54, 1.807) is 0 Å². The van der Waals surface area contributed by atoms with Gasteiger partial charge in [0, 0.05) is 23.0 Å². The van der Waals surface area contributed by atoms with Crippen LogP contribution in [0.3, 0.4) is 0 Å². The fraction of sp³-hybridized carbons (Fsp3) is 0.385. The molecule has 0 amide bonds. The van der Waals surface area contributed by atoms with Gasteiger partial charge in [-0.1, -0.05) is 23.3 Å². The maximum atomic E-state index is 6.09. The van der Waals surface area contributed by atoms with Gasteiger partial charge in [0.25, 0.3) is 0 Å². The smallest absolute Gasteiger partial charge is 0.129 e. The molecular weight excluding hydrogens is 222 g/mol. The maximum Gasteiger partial charge on any atom is 0.129 e. The summed E-state index contributed by atoms with van der Waals surface area (Å²) in [5.74, 6) is 1.01. The van der Waals surface area contributed by atoms with Crippen LogP contribution in [0.4, 0.5) is 0 Å². The largest absolute Gasteiger partial charge is 0.492 e. The monoisotopic (exact) mass is 235 g/mol. The number of hydrogen-bond acceptors (Lipinski definition) is 2. The van der Waals surface area contributed by atoms with E-state index in [1.165, 1.54) is 11.1 Å². The molecule has 3 rings (SSSR count). The normalized spacial score (nSPS) is 22.4. The summed E-state index contributed by atoms with van der Waals surface area (Å²) in [7, 11) is 0. The lowest BCUT2D eigenvalue weighted by Gasteiger charge is -2.25. The van der Waals surface area contributed by atoms with E-state index in [1.807, 2.05) is 12.1 Å². The van der Waals surface area contributed by atoms with Crippen LogP contribution >= 0.6 is 11.6 Å². The zero-order valence-electron chi connectivity index (χ0n) is 9.00. The Bertz CT molecular complexity index is 459. The first kappa shape index (κ1) is 10.2. The van der Waals surface area contributed by atoms with Crippen molar-refractivity contribution < 1.29 is 4.74 Å². The van der Waals surface area contributed by atoms with E-state index in [-0.39, 0.29) is 0 Å². The number of halogens is 1. The van der Waals surface area contributed by atoms with Gasteiger partial charge in [-0.05, 0) is 30.5 Å². The third kappa shape index (κ3) is 1.72. The Hall–Kier alpha value is -0.990. The summed E-state index contributed by atoms with van der Waals surface area (Å²) in [6.45, 7) is 0.769. The lowest BCUT2D eigenvalue weighted by molar-refractivity contribution is 0.356. The standard InChI is InChI=1S/C13H14ClNO/c14-11-6-9-1-2-16-13(9)10(7-11)3-8-4-12(15)5-8/h3,6-7,12H,1-2,4-5,15H2. The first-order chi connectivity index (χ1) is 7.72. The van der Waals surface area contributed by atoms with Crippen molar-refractivity contribution in [2.75, 3.05) is 6.61 Å². The molecule has 84 valence electrons. The Balaban J connectivity index is 1.98. The first-order valence-corrected chi connectivity index (χ1v) is 6.00. The second kappa shape index (κ2) is 3.79. The third-order valence-corrected chi connectivity index (χ3v) is 3.40. The summed E-state index contributed by atoms with van der Waals surface area (Å²) in [6.07, 6.45) is 5.15. The SMILES string of the molecule is NC1CC(=Cc2cc(Cl)cc3c2OCC3)C1. The van der Waals surface area contributed by atoms with Gasteiger partial charge in [0.2, 0.25) is 0 Å². The zero-order valence-corrected chi connectivity index (χ0v) is 9.76.